The number of nitrogens with one attached hydrogen (secondary N) is 1. The molecular weight excluding hydrogens is 178 g/mol. The molecule has 0 fully saturated rings. The number of pyridine rings is 1. The summed E-state index contributed by atoms with van der Waals surface area (Å²) in [5.41, 5.74) is 7.07. The van der Waals surface area contributed by atoms with Gasteiger partial charge >= 0.3 is 0 Å². The molecule has 4 heteroatoms. The van der Waals surface area contributed by atoms with Crippen LogP contribution in [0.15, 0.2) is 18.3 Å². The summed E-state index contributed by atoms with van der Waals surface area (Å²) < 4.78 is 0. The van der Waals surface area contributed by atoms with Gasteiger partial charge in [0.15, 0.2) is 0 Å². The third kappa shape index (κ3) is 3.14. The molecule has 0 spiro atoms. The summed E-state index contributed by atoms with van der Waals surface area (Å²) in [6.45, 7) is 3.65. The Balaban J connectivity index is 2.61. The molecule has 0 saturated carbocycles. The quantitative estimate of drug-likeness (QED) is 0.754. The topological polar surface area (TPSA) is 68.0 Å². The Morgan fingerprint density at radius 3 is 3.00 bits per heavy atom. The zero-order valence-corrected chi connectivity index (χ0v) is 8.45. The van der Waals surface area contributed by atoms with Crippen molar-refractivity contribution in [1.29, 1.82) is 0 Å². The second kappa shape index (κ2) is 4.72. The third-order valence-electron chi connectivity index (χ3n) is 1.79. The first kappa shape index (κ1) is 10.7. The third-order valence-corrected chi connectivity index (χ3v) is 1.79. The number of carbonyl (C=O) groups excluding carboxylic acids is 1. The molecule has 0 aliphatic rings. The average Bonchev–Trinajstić information content (AvgIpc) is 2.07. The minimum atomic E-state index is -0.119. The summed E-state index contributed by atoms with van der Waals surface area (Å²) in [5, 5.41) is 2.76. The number of nitrogens with zero attached hydrogens (tertiary/aromatic N) is 1. The van der Waals surface area contributed by atoms with Gasteiger partial charge in [-0.1, -0.05) is 0 Å². The number of aryl methyl sites for hydroxylation is 1. The fourth-order valence-electron chi connectivity index (χ4n) is 1.11. The minimum Gasteiger partial charge on any atom is -0.327 e. The first-order valence-corrected chi connectivity index (χ1v) is 4.56. The van der Waals surface area contributed by atoms with Crippen LogP contribution in [0.25, 0.3) is 0 Å². The lowest BCUT2D eigenvalue weighted by Gasteiger charge is -2.08. The van der Waals surface area contributed by atoms with Crippen molar-refractivity contribution >= 4 is 11.6 Å². The molecule has 1 heterocycles. The van der Waals surface area contributed by atoms with Crippen molar-refractivity contribution in [2.24, 2.45) is 5.73 Å². The van der Waals surface area contributed by atoms with Crippen LogP contribution in [0.5, 0.6) is 0 Å². The van der Waals surface area contributed by atoms with E-state index in [-0.39, 0.29) is 11.9 Å². The normalized spacial score (nSPS) is 12.2. The molecule has 0 saturated heterocycles. The van der Waals surface area contributed by atoms with E-state index in [1.54, 1.807) is 19.2 Å². The molecule has 1 unspecified atom stereocenters. The fourth-order valence-corrected chi connectivity index (χ4v) is 1.11. The Bertz CT molecular complexity index is 323. The van der Waals surface area contributed by atoms with Crippen LogP contribution in [0.4, 0.5) is 5.69 Å². The SMILES string of the molecule is Cc1ncccc1NC(=O)CC(C)N. The predicted octanol–water partition coefficient (Wildman–Crippen LogP) is 1.07. The van der Waals surface area contributed by atoms with Gasteiger partial charge in [-0.15, -0.1) is 0 Å². The molecule has 3 N–H and O–H groups in total. The van der Waals surface area contributed by atoms with Crippen LogP contribution in [-0.4, -0.2) is 16.9 Å². The molecule has 1 atom stereocenters. The molecule has 0 radical (unpaired) electrons. The molecule has 0 aliphatic carbocycles. The molecule has 1 amide bonds. The number of nitrogens with two attached hydrogens (primary N) is 1. The van der Waals surface area contributed by atoms with Crippen LogP contribution >= 0.6 is 0 Å². The van der Waals surface area contributed by atoms with Crippen molar-refractivity contribution in [1.82, 2.24) is 4.98 Å². The number of amides is 1. The number of carbonyl (C=O) groups is 1. The van der Waals surface area contributed by atoms with Crippen LogP contribution in [0, 0.1) is 6.92 Å². The second-order valence-corrected chi connectivity index (χ2v) is 3.37. The van der Waals surface area contributed by atoms with E-state index in [9.17, 15) is 4.79 Å². The minimum absolute atomic E-state index is 0.0731. The van der Waals surface area contributed by atoms with E-state index in [0.29, 0.717) is 6.42 Å². The molecule has 1 aromatic heterocycles. The van der Waals surface area contributed by atoms with Crippen LogP contribution in [0.3, 0.4) is 0 Å². The largest absolute Gasteiger partial charge is 0.327 e. The van der Waals surface area contributed by atoms with E-state index in [0.717, 1.165) is 11.4 Å². The molecule has 1 aromatic rings. The molecule has 0 aliphatic heterocycles. The Kier molecular flexibility index (Phi) is 3.59. The van der Waals surface area contributed by atoms with Crippen molar-refractivity contribution in [2.75, 3.05) is 5.32 Å². The lowest BCUT2D eigenvalue weighted by atomic mass is 10.2. The molecule has 1 rings (SSSR count). The van der Waals surface area contributed by atoms with E-state index in [1.807, 2.05) is 13.0 Å². The van der Waals surface area contributed by atoms with Crippen molar-refractivity contribution < 1.29 is 4.79 Å². The number of rotatable bonds is 3. The van der Waals surface area contributed by atoms with Gasteiger partial charge in [0.05, 0.1) is 11.4 Å². The van der Waals surface area contributed by atoms with Crippen molar-refractivity contribution in [3.8, 4) is 0 Å². The Morgan fingerprint density at radius 2 is 2.43 bits per heavy atom. The van der Waals surface area contributed by atoms with Gasteiger partial charge in [-0.25, -0.2) is 0 Å². The molecular formula is C10H15N3O. The van der Waals surface area contributed by atoms with E-state index in [1.165, 1.54) is 0 Å². The zero-order valence-electron chi connectivity index (χ0n) is 8.45. The van der Waals surface area contributed by atoms with Gasteiger partial charge in [0.1, 0.15) is 0 Å². The van der Waals surface area contributed by atoms with Gasteiger partial charge in [0.2, 0.25) is 5.91 Å². The Labute approximate surface area is 83.5 Å². The molecule has 4 nitrogen and oxygen atoms in total. The highest BCUT2D eigenvalue weighted by atomic mass is 16.1. The van der Waals surface area contributed by atoms with E-state index < -0.39 is 0 Å². The number of anilines is 1. The maximum Gasteiger partial charge on any atom is 0.225 e. The summed E-state index contributed by atoms with van der Waals surface area (Å²) in [7, 11) is 0. The summed E-state index contributed by atoms with van der Waals surface area (Å²) in [6, 6.07) is 3.49. The Morgan fingerprint density at radius 1 is 1.71 bits per heavy atom. The van der Waals surface area contributed by atoms with Gasteiger partial charge < -0.3 is 11.1 Å². The van der Waals surface area contributed by atoms with Crippen molar-refractivity contribution in [3.63, 3.8) is 0 Å². The first-order chi connectivity index (χ1) is 6.59. The maximum atomic E-state index is 11.4. The Hall–Kier alpha value is -1.42. The molecule has 0 bridgehead atoms. The smallest absolute Gasteiger partial charge is 0.225 e. The van der Waals surface area contributed by atoms with E-state index in [2.05, 4.69) is 10.3 Å². The lowest BCUT2D eigenvalue weighted by Crippen LogP contribution is -2.24. The van der Waals surface area contributed by atoms with Gasteiger partial charge in [-0.2, -0.15) is 0 Å². The van der Waals surface area contributed by atoms with Crippen LogP contribution in [-0.2, 0) is 4.79 Å². The van der Waals surface area contributed by atoms with E-state index >= 15 is 0 Å². The highest BCUT2D eigenvalue weighted by Gasteiger charge is 2.06. The van der Waals surface area contributed by atoms with Crippen molar-refractivity contribution in [3.05, 3.63) is 24.0 Å². The molecule has 14 heavy (non-hydrogen) atoms. The number of hydrogen-bond donors (Lipinski definition) is 2. The molecule has 76 valence electrons. The monoisotopic (exact) mass is 193 g/mol. The van der Waals surface area contributed by atoms with Crippen LogP contribution in [0.1, 0.15) is 19.0 Å². The van der Waals surface area contributed by atoms with E-state index in [4.69, 9.17) is 5.73 Å². The van der Waals surface area contributed by atoms with Crippen LogP contribution < -0.4 is 11.1 Å². The fraction of sp³-hybridized carbons (Fsp3) is 0.400. The summed E-state index contributed by atoms with van der Waals surface area (Å²) in [5.74, 6) is -0.0731. The average molecular weight is 193 g/mol. The number of aromatic nitrogens is 1. The summed E-state index contributed by atoms with van der Waals surface area (Å²) >= 11 is 0. The van der Waals surface area contributed by atoms with Crippen molar-refractivity contribution in [2.45, 2.75) is 26.3 Å². The van der Waals surface area contributed by atoms with Gasteiger partial charge in [0, 0.05) is 18.7 Å². The van der Waals surface area contributed by atoms with Gasteiger partial charge in [-0.05, 0) is 26.0 Å². The highest BCUT2D eigenvalue weighted by Crippen LogP contribution is 2.10. The predicted molar refractivity (Wildman–Crippen MR) is 55.9 cm³/mol. The van der Waals surface area contributed by atoms with Gasteiger partial charge in [-0.3, -0.25) is 9.78 Å². The highest BCUT2D eigenvalue weighted by molar-refractivity contribution is 5.91. The molecule has 0 aromatic carbocycles. The van der Waals surface area contributed by atoms with Gasteiger partial charge in [0.25, 0.3) is 0 Å². The lowest BCUT2D eigenvalue weighted by molar-refractivity contribution is -0.116. The standard InChI is InChI=1S/C10H15N3O/c1-7(11)6-10(14)13-9-4-3-5-12-8(9)2/h3-5,7H,6,11H2,1-2H3,(H,13,14). The van der Waals surface area contributed by atoms with Crippen LogP contribution in [0.2, 0.25) is 0 Å². The number of hydrogen-bond acceptors (Lipinski definition) is 3. The summed E-state index contributed by atoms with van der Waals surface area (Å²) in [4.78, 5) is 15.4. The zero-order chi connectivity index (χ0) is 10.6. The maximum absolute atomic E-state index is 11.4. The second-order valence-electron chi connectivity index (χ2n) is 3.37. The first-order valence-electron chi connectivity index (χ1n) is 4.56. The summed E-state index contributed by atoms with van der Waals surface area (Å²) in [6.07, 6.45) is 2.02.